The standard InChI is InChI=1S/C7H15NO2S/c1-7(11(9)10)8-5-3-2-4-6-8/h7H,2-6H2,1H3,(H,9,10). The van der Waals surface area contributed by atoms with E-state index in [2.05, 4.69) is 4.90 Å². The lowest BCUT2D eigenvalue weighted by molar-refractivity contribution is 0.214. The highest BCUT2D eigenvalue weighted by Gasteiger charge is 2.19. The quantitative estimate of drug-likeness (QED) is 0.641. The Morgan fingerprint density at radius 1 is 1.36 bits per heavy atom. The van der Waals surface area contributed by atoms with Gasteiger partial charge in [-0.05, 0) is 32.9 Å². The minimum atomic E-state index is -1.68. The molecule has 1 N–H and O–H groups in total. The number of rotatable bonds is 2. The smallest absolute Gasteiger partial charge is 0.170 e. The first-order valence-electron chi connectivity index (χ1n) is 4.05. The Morgan fingerprint density at radius 2 is 1.91 bits per heavy atom. The molecule has 1 aliphatic heterocycles. The fourth-order valence-electron chi connectivity index (χ4n) is 1.41. The van der Waals surface area contributed by atoms with Gasteiger partial charge in [-0.25, -0.2) is 4.21 Å². The molecular formula is C7H15NO2S. The van der Waals surface area contributed by atoms with Crippen molar-refractivity contribution in [1.29, 1.82) is 0 Å². The van der Waals surface area contributed by atoms with Crippen LogP contribution in [0.25, 0.3) is 0 Å². The van der Waals surface area contributed by atoms with Crippen molar-refractivity contribution in [3.63, 3.8) is 0 Å². The van der Waals surface area contributed by atoms with Crippen LogP contribution in [0.1, 0.15) is 26.2 Å². The fraction of sp³-hybridized carbons (Fsp3) is 1.00. The maximum Gasteiger partial charge on any atom is 0.170 e. The molecule has 1 fully saturated rings. The van der Waals surface area contributed by atoms with Crippen LogP contribution in [0.4, 0.5) is 0 Å². The molecule has 0 radical (unpaired) electrons. The van der Waals surface area contributed by atoms with Crippen LogP contribution in [0.15, 0.2) is 0 Å². The van der Waals surface area contributed by atoms with Gasteiger partial charge in [0.1, 0.15) is 5.37 Å². The second-order valence-corrected chi connectivity index (χ2v) is 4.21. The normalized spacial score (nSPS) is 26.4. The molecular weight excluding hydrogens is 162 g/mol. The van der Waals surface area contributed by atoms with Crippen LogP contribution in [0.3, 0.4) is 0 Å². The number of nitrogens with zero attached hydrogens (tertiary/aromatic N) is 1. The third kappa shape index (κ3) is 2.54. The summed E-state index contributed by atoms with van der Waals surface area (Å²) in [4.78, 5) is 2.08. The lowest BCUT2D eigenvalue weighted by Gasteiger charge is -2.29. The first-order valence-corrected chi connectivity index (χ1v) is 5.22. The molecule has 0 aromatic rings. The molecule has 0 aromatic heterocycles. The predicted octanol–water partition coefficient (Wildman–Crippen LogP) is 1.04. The molecule has 0 bridgehead atoms. The second kappa shape index (κ2) is 4.18. The van der Waals surface area contributed by atoms with Crippen LogP contribution in [-0.4, -0.2) is 32.1 Å². The Kier molecular flexibility index (Phi) is 3.48. The van der Waals surface area contributed by atoms with Gasteiger partial charge in [0.25, 0.3) is 0 Å². The Morgan fingerprint density at radius 3 is 2.36 bits per heavy atom. The van der Waals surface area contributed by atoms with Crippen LogP contribution in [0.5, 0.6) is 0 Å². The van der Waals surface area contributed by atoms with Gasteiger partial charge in [-0.1, -0.05) is 6.42 Å². The van der Waals surface area contributed by atoms with Gasteiger partial charge in [-0.3, -0.25) is 4.90 Å². The van der Waals surface area contributed by atoms with E-state index in [1.807, 2.05) is 0 Å². The molecule has 4 heteroatoms. The molecule has 1 rings (SSSR count). The number of likely N-dealkylation sites (tertiary alicyclic amines) is 1. The molecule has 66 valence electrons. The molecule has 0 spiro atoms. The molecule has 0 saturated carbocycles. The summed E-state index contributed by atoms with van der Waals surface area (Å²) in [6.07, 6.45) is 3.60. The van der Waals surface area contributed by atoms with Crippen molar-refractivity contribution >= 4 is 11.1 Å². The number of hydrogen-bond donors (Lipinski definition) is 1. The van der Waals surface area contributed by atoms with Gasteiger partial charge in [0.05, 0.1) is 0 Å². The molecule has 1 saturated heterocycles. The van der Waals surface area contributed by atoms with Crippen molar-refractivity contribution < 1.29 is 8.76 Å². The maximum absolute atomic E-state index is 10.7. The van der Waals surface area contributed by atoms with E-state index >= 15 is 0 Å². The topological polar surface area (TPSA) is 40.5 Å². The van der Waals surface area contributed by atoms with E-state index in [-0.39, 0.29) is 5.37 Å². The van der Waals surface area contributed by atoms with Crippen molar-refractivity contribution in [3.05, 3.63) is 0 Å². The molecule has 11 heavy (non-hydrogen) atoms. The SMILES string of the molecule is CC(N1CCCCC1)S(=O)O. The summed E-state index contributed by atoms with van der Waals surface area (Å²) in [5.74, 6) is 0. The fourth-order valence-corrected chi connectivity index (χ4v) is 1.88. The summed E-state index contributed by atoms with van der Waals surface area (Å²) in [7, 11) is 0. The minimum absolute atomic E-state index is 0.185. The highest BCUT2D eigenvalue weighted by Crippen LogP contribution is 2.12. The van der Waals surface area contributed by atoms with Gasteiger partial charge >= 0.3 is 0 Å². The maximum atomic E-state index is 10.7. The van der Waals surface area contributed by atoms with Crippen molar-refractivity contribution in [2.75, 3.05) is 13.1 Å². The van der Waals surface area contributed by atoms with Gasteiger partial charge in [0.15, 0.2) is 11.1 Å². The largest absolute Gasteiger partial charge is 0.305 e. The zero-order valence-electron chi connectivity index (χ0n) is 6.82. The van der Waals surface area contributed by atoms with Gasteiger partial charge in [-0.15, -0.1) is 0 Å². The predicted molar refractivity (Wildman–Crippen MR) is 45.7 cm³/mol. The Balaban J connectivity index is 2.38. The number of hydrogen-bond acceptors (Lipinski definition) is 2. The van der Waals surface area contributed by atoms with E-state index in [0.717, 1.165) is 13.1 Å². The van der Waals surface area contributed by atoms with E-state index < -0.39 is 11.1 Å². The molecule has 0 aliphatic carbocycles. The zero-order valence-corrected chi connectivity index (χ0v) is 7.64. The Bertz CT molecular complexity index is 145. The van der Waals surface area contributed by atoms with E-state index in [1.54, 1.807) is 6.92 Å². The highest BCUT2D eigenvalue weighted by molar-refractivity contribution is 7.79. The molecule has 0 amide bonds. The summed E-state index contributed by atoms with van der Waals surface area (Å²) >= 11 is -1.68. The van der Waals surface area contributed by atoms with Crippen LogP contribution >= 0.6 is 0 Å². The van der Waals surface area contributed by atoms with E-state index in [4.69, 9.17) is 4.55 Å². The molecule has 2 unspecified atom stereocenters. The first kappa shape index (κ1) is 9.16. The van der Waals surface area contributed by atoms with Crippen LogP contribution < -0.4 is 0 Å². The summed E-state index contributed by atoms with van der Waals surface area (Å²) in [6.45, 7) is 3.77. The average molecular weight is 177 g/mol. The van der Waals surface area contributed by atoms with Crippen molar-refractivity contribution in [2.24, 2.45) is 0 Å². The Labute approximate surface area is 70.1 Å². The summed E-state index contributed by atoms with van der Waals surface area (Å²) < 4.78 is 19.5. The van der Waals surface area contributed by atoms with E-state index in [0.29, 0.717) is 0 Å². The van der Waals surface area contributed by atoms with Crippen LogP contribution in [-0.2, 0) is 11.1 Å². The number of piperidine rings is 1. The van der Waals surface area contributed by atoms with Gasteiger partial charge in [0, 0.05) is 0 Å². The molecule has 1 heterocycles. The first-order chi connectivity index (χ1) is 5.22. The monoisotopic (exact) mass is 177 g/mol. The van der Waals surface area contributed by atoms with Gasteiger partial charge in [0.2, 0.25) is 0 Å². The van der Waals surface area contributed by atoms with Gasteiger partial charge < -0.3 is 4.55 Å². The summed E-state index contributed by atoms with van der Waals surface area (Å²) in [6, 6.07) is 0. The molecule has 1 aliphatic rings. The van der Waals surface area contributed by atoms with E-state index in [1.165, 1.54) is 19.3 Å². The van der Waals surface area contributed by atoms with Crippen LogP contribution in [0.2, 0.25) is 0 Å². The Hall–Kier alpha value is 0.0700. The average Bonchev–Trinajstić information content (AvgIpc) is 2.05. The van der Waals surface area contributed by atoms with Crippen molar-refractivity contribution in [2.45, 2.75) is 31.6 Å². The van der Waals surface area contributed by atoms with Gasteiger partial charge in [-0.2, -0.15) is 0 Å². The molecule has 0 aromatic carbocycles. The lowest BCUT2D eigenvalue weighted by Crippen LogP contribution is -2.39. The minimum Gasteiger partial charge on any atom is -0.305 e. The second-order valence-electron chi connectivity index (χ2n) is 2.97. The van der Waals surface area contributed by atoms with Crippen molar-refractivity contribution in [3.8, 4) is 0 Å². The van der Waals surface area contributed by atoms with E-state index in [9.17, 15) is 4.21 Å². The third-order valence-electron chi connectivity index (χ3n) is 2.20. The molecule has 2 atom stereocenters. The van der Waals surface area contributed by atoms with Crippen LogP contribution in [0, 0.1) is 0 Å². The third-order valence-corrected chi connectivity index (χ3v) is 3.08. The van der Waals surface area contributed by atoms with Crippen molar-refractivity contribution in [1.82, 2.24) is 4.90 Å². The summed E-state index contributed by atoms with van der Waals surface area (Å²) in [5, 5.41) is -0.185. The molecule has 3 nitrogen and oxygen atoms in total. The zero-order chi connectivity index (χ0) is 8.27. The highest BCUT2D eigenvalue weighted by atomic mass is 32.2. The lowest BCUT2D eigenvalue weighted by atomic mass is 10.1. The summed E-state index contributed by atoms with van der Waals surface area (Å²) in [5.41, 5.74) is 0.